The quantitative estimate of drug-likeness (QED) is 0.917. The van der Waals surface area contributed by atoms with Gasteiger partial charge in [-0.25, -0.2) is 9.97 Å². The van der Waals surface area contributed by atoms with Gasteiger partial charge in [0.15, 0.2) is 5.65 Å². The molecule has 2 aromatic heterocycles. The van der Waals surface area contributed by atoms with Crippen molar-refractivity contribution < 1.29 is 0 Å². The Kier molecular flexibility index (Phi) is 3.51. The average Bonchev–Trinajstić information content (AvgIpc) is 2.77. The third-order valence-corrected chi connectivity index (χ3v) is 4.39. The van der Waals surface area contributed by atoms with Crippen LogP contribution >= 0.6 is 0 Å². The van der Waals surface area contributed by atoms with Crippen molar-refractivity contribution in [2.24, 2.45) is 18.9 Å². The standard InChI is InChI=1S/C15H22N4/c1-11(12-5-3-7-16-10-12)9-14-18-15-13(19(14)2)6-4-8-17-15/h4,6,8,11-12,16H,3,5,7,9-10H2,1-2H3. The summed E-state index contributed by atoms with van der Waals surface area (Å²) in [4.78, 5) is 9.02. The minimum Gasteiger partial charge on any atom is -0.330 e. The molecule has 2 atom stereocenters. The van der Waals surface area contributed by atoms with Crippen LogP contribution in [0.1, 0.15) is 25.6 Å². The second-order valence-electron chi connectivity index (χ2n) is 5.72. The molecule has 19 heavy (non-hydrogen) atoms. The van der Waals surface area contributed by atoms with Crippen LogP contribution < -0.4 is 5.32 Å². The first-order chi connectivity index (χ1) is 9.25. The Morgan fingerprint density at radius 3 is 3.16 bits per heavy atom. The van der Waals surface area contributed by atoms with Crippen molar-refractivity contribution >= 4 is 11.2 Å². The van der Waals surface area contributed by atoms with Gasteiger partial charge in [-0.3, -0.25) is 0 Å². The minimum atomic E-state index is 0.670. The fourth-order valence-electron chi connectivity index (χ4n) is 3.07. The summed E-state index contributed by atoms with van der Waals surface area (Å²) in [5, 5.41) is 3.50. The number of pyridine rings is 1. The first-order valence-corrected chi connectivity index (χ1v) is 7.22. The molecule has 4 nitrogen and oxygen atoms in total. The molecule has 1 aliphatic rings. The number of imidazole rings is 1. The van der Waals surface area contributed by atoms with Gasteiger partial charge in [-0.2, -0.15) is 0 Å². The number of rotatable bonds is 3. The van der Waals surface area contributed by atoms with E-state index in [4.69, 9.17) is 0 Å². The third kappa shape index (κ3) is 2.50. The summed E-state index contributed by atoms with van der Waals surface area (Å²) in [6.07, 6.45) is 5.50. The van der Waals surface area contributed by atoms with E-state index in [9.17, 15) is 0 Å². The van der Waals surface area contributed by atoms with E-state index in [0.717, 1.165) is 35.9 Å². The van der Waals surface area contributed by atoms with Crippen molar-refractivity contribution in [3.8, 4) is 0 Å². The number of nitrogens with zero attached hydrogens (tertiary/aromatic N) is 3. The highest BCUT2D eigenvalue weighted by Gasteiger charge is 2.22. The second-order valence-corrected chi connectivity index (χ2v) is 5.72. The normalized spacial score (nSPS) is 21.7. The molecule has 3 rings (SSSR count). The molecular weight excluding hydrogens is 236 g/mol. The summed E-state index contributed by atoms with van der Waals surface area (Å²) in [6.45, 7) is 4.69. The van der Waals surface area contributed by atoms with E-state index in [1.807, 2.05) is 12.3 Å². The van der Waals surface area contributed by atoms with Crippen LogP contribution in [0.2, 0.25) is 0 Å². The fraction of sp³-hybridized carbons (Fsp3) is 0.600. The maximum absolute atomic E-state index is 4.68. The van der Waals surface area contributed by atoms with Gasteiger partial charge < -0.3 is 9.88 Å². The Hall–Kier alpha value is -1.42. The number of nitrogens with one attached hydrogen (secondary N) is 1. The van der Waals surface area contributed by atoms with Crippen molar-refractivity contribution in [2.75, 3.05) is 13.1 Å². The van der Waals surface area contributed by atoms with E-state index in [1.165, 1.54) is 19.4 Å². The molecule has 1 saturated heterocycles. The Morgan fingerprint density at radius 2 is 2.42 bits per heavy atom. The Morgan fingerprint density at radius 1 is 1.53 bits per heavy atom. The molecule has 0 amide bonds. The predicted octanol–water partition coefficient (Wildman–Crippen LogP) is 2.15. The molecule has 2 aromatic rings. The molecule has 0 saturated carbocycles. The summed E-state index contributed by atoms with van der Waals surface area (Å²) in [7, 11) is 2.10. The zero-order valence-corrected chi connectivity index (χ0v) is 11.8. The van der Waals surface area contributed by atoms with Crippen LogP contribution in [0, 0.1) is 11.8 Å². The Balaban J connectivity index is 1.78. The lowest BCUT2D eigenvalue weighted by atomic mass is 9.85. The summed E-state index contributed by atoms with van der Waals surface area (Å²) < 4.78 is 2.19. The Bertz CT molecular complexity index is 554. The molecule has 4 heteroatoms. The molecule has 1 aliphatic heterocycles. The molecule has 0 aromatic carbocycles. The van der Waals surface area contributed by atoms with Gasteiger partial charge in [0.2, 0.25) is 0 Å². The van der Waals surface area contributed by atoms with Crippen molar-refractivity contribution in [1.82, 2.24) is 19.9 Å². The molecule has 3 heterocycles. The van der Waals surface area contributed by atoms with E-state index >= 15 is 0 Å². The lowest BCUT2D eigenvalue weighted by Gasteiger charge is -2.28. The van der Waals surface area contributed by atoms with E-state index in [0.29, 0.717) is 5.92 Å². The number of aryl methyl sites for hydroxylation is 1. The third-order valence-electron chi connectivity index (χ3n) is 4.39. The van der Waals surface area contributed by atoms with Crippen LogP contribution in [0.3, 0.4) is 0 Å². The van der Waals surface area contributed by atoms with Crippen LogP contribution in [-0.2, 0) is 13.5 Å². The van der Waals surface area contributed by atoms with Gasteiger partial charge in [0.05, 0.1) is 5.52 Å². The topological polar surface area (TPSA) is 42.7 Å². The molecule has 102 valence electrons. The predicted molar refractivity (Wildman–Crippen MR) is 77.0 cm³/mol. The summed E-state index contributed by atoms with van der Waals surface area (Å²) >= 11 is 0. The number of hydrogen-bond acceptors (Lipinski definition) is 3. The summed E-state index contributed by atoms with van der Waals surface area (Å²) in [5.74, 6) is 2.61. The minimum absolute atomic E-state index is 0.670. The maximum Gasteiger partial charge on any atom is 0.177 e. The highest BCUT2D eigenvalue weighted by Crippen LogP contribution is 2.24. The SMILES string of the molecule is CC(Cc1nc2ncccc2n1C)C1CCCNC1. The average molecular weight is 258 g/mol. The van der Waals surface area contributed by atoms with E-state index in [1.54, 1.807) is 0 Å². The highest BCUT2D eigenvalue weighted by atomic mass is 15.1. The number of fused-ring (bicyclic) bond motifs is 1. The molecule has 1 fully saturated rings. The zero-order chi connectivity index (χ0) is 13.2. The van der Waals surface area contributed by atoms with Crippen LogP contribution in [-0.4, -0.2) is 27.6 Å². The van der Waals surface area contributed by atoms with Gasteiger partial charge in [-0.15, -0.1) is 0 Å². The second kappa shape index (κ2) is 5.29. The van der Waals surface area contributed by atoms with Crippen molar-refractivity contribution in [3.63, 3.8) is 0 Å². The smallest absolute Gasteiger partial charge is 0.177 e. The molecule has 0 radical (unpaired) electrons. The molecule has 2 unspecified atom stereocenters. The largest absolute Gasteiger partial charge is 0.330 e. The lowest BCUT2D eigenvalue weighted by Crippen LogP contribution is -2.34. The van der Waals surface area contributed by atoms with Gasteiger partial charge in [0, 0.05) is 19.7 Å². The lowest BCUT2D eigenvalue weighted by molar-refractivity contribution is 0.275. The zero-order valence-electron chi connectivity index (χ0n) is 11.8. The molecule has 1 N–H and O–H groups in total. The van der Waals surface area contributed by atoms with E-state index in [2.05, 4.69) is 39.9 Å². The fourth-order valence-corrected chi connectivity index (χ4v) is 3.07. The van der Waals surface area contributed by atoms with E-state index in [-0.39, 0.29) is 0 Å². The van der Waals surface area contributed by atoms with Crippen LogP contribution in [0.25, 0.3) is 11.2 Å². The van der Waals surface area contributed by atoms with Crippen LogP contribution in [0.5, 0.6) is 0 Å². The molecule has 0 spiro atoms. The van der Waals surface area contributed by atoms with Crippen LogP contribution in [0.4, 0.5) is 0 Å². The van der Waals surface area contributed by atoms with Gasteiger partial charge in [-0.1, -0.05) is 6.92 Å². The first-order valence-electron chi connectivity index (χ1n) is 7.22. The maximum atomic E-state index is 4.68. The van der Waals surface area contributed by atoms with Gasteiger partial charge >= 0.3 is 0 Å². The molecule has 0 aliphatic carbocycles. The van der Waals surface area contributed by atoms with Gasteiger partial charge in [0.1, 0.15) is 5.82 Å². The number of hydrogen-bond donors (Lipinski definition) is 1. The van der Waals surface area contributed by atoms with Crippen molar-refractivity contribution in [1.29, 1.82) is 0 Å². The number of aromatic nitrogens is 3. The van der Waals surface area contributed by atoms with Gasteiger partial charge in [0.25, 0.3) is 0 Å². The monoisotopic (exact) mass is 258 g/mol. The van der Waals surface area contributed by atoms with Crippen LogP contribution in [0.15, 0.2) is 18.3 Å². The number of piperidine rings is 1. The van der Waals surface area contributed by atoms with Gasteiger partial charge in [-0.05, 0) is 49.9 Å². The Labute approximate surface area is 114 Å². The van der Waals surface area contributed by atoms with Crippen molar-refractivity contribution in [3.05, 3.63) is 24.2 Å². The first kappa shape index (κ1) is 12.6. The van der Waals surface area contributed by atoms with E-state index < -0.39 is 0 Å². The summed E-state index contributed by atoms with van der Waals surface area (Å²) in [6, 6.07) is 4.06. The molecule has 0 bridgehead atoms. The summed E-state index contributed by atoms with van der Waals surface area (Å²) in [5.41, 5.74) is 2.00. The highest BCUT2D eigenvalue weighted by molar-refractivity contribution is 5.71. The van der Waals surface area contributed by atoms with Crippen molar-refractivity contribution in [2.45, 2.75) is 26.2 Å². The molecular formula is C15H22N4.